The number of carbonyl (C=O) groups is 1. The van der Waals surface area contributed by atoms with Crippen LogP contribution in [0, 0.1) is 5.92 Å². The number of fused-ring (bicyclic) bond motifs is 1. The number of halogens is 5. The predicted octanol–water partition coefficient (Wildman–Crippen LogP) is 3.85. The highest BCUT2D eigenvalue weighted by atomic mass is 35.5. The van der Waals surface area contributed by atoms with Crippen molar-refractivity contribution < 1.29 is 22.7 Å². The summed E-state index contributed by atoms with van der Waals surface area (Å²) in [5.41, 5.74) is 1.44. The third kappa shape index (κ3) is 3.73. The van der Waals surface area contributed by atoms with Crippen LogP contribution in [0.5, 0.6) is 0 Å². The summed E-state index contributed by atoms with van der Waals surface area (Å²) >= 11 is 12.6. The highest BCUT2D eigenvalue weighted by molar-refractivity contribution is 6.38. The molecule has 0 spiro atoms. The summed E-state index contributed by atoms with van der Waals surface area (Å²) in [6.07, 6.45) is -1.26. The van der Waals surface area contributed by atoms with Crippen LogP contribution in [0.3, 0.4) is 0 Å². The van der Waals surface area contributed by atoms with Gasteiger partial charge in [0, 0.05) is 29.5 Å². The second kappa shape index (κ2) is 7.24. The first-order valence-electron chi connectivity index (χ1n) is 8.12. The van der Waals surface area contributed by atoms with Gasteiger partial charge >= 0.3 is 12.1 Å². The van der Waals surface area contributed by atoms with E-state index < -0.39 is 18.1 Å². The molecule has 0 bridgehead atoms. The van der Waals surface area contributed by atoms with Crippen molar-refractivity contribution >= 4 is 41.3 Å². The number of rotatable bonds is 3. The highest BCUT2D eigenvalue weighted by Gasteiger charge is 2.38. The van der Waals surface area contributed by atoms with E-state index in [0.29, 0.717) is 15.9 Å². The fraction of sp³-hybridized carbons (Fsp3) is 0.316. The molecule has 3 rings (SSSR count). The topological polar surface area (TPSA) is 31.2 Å². The van der Waals surface area contributed by atoms with Crippen molar-refractivity contribution in [2.24, 2.45) is 13.0 Å². The second-order valence-corrected chi connectivity index (χ2v) is 7.13. The molecule has 1 heterocycles. The number of ether oxygens (including phenoxy) is 1. The van der Waals surface area contributed by atoms with E-state index >= 15 is 0 Å². The maximum Gasteiger partial charge on any atom is 0.395 e. The van der Waals surface area contributed by atoms with Crippen LogP contribution in [0.1, 0.15) is 28.0 Å². The van der Waals surface area contributed by atoms with Gasteiger partial charge in [-0.3, -0.25) is 0 Å². The smallest absolute Gasteiger partial charge is 0.395 e. The quantitative estimate of drug-likeness (QED) is 0.710. The maximum atomic E-state index is 13.0. The molecule has 1 aliphatic carbocycles. The fourth-order valence-electron chi connectivity index (χ4n) is 3.19. The van der Waals surface area contributed by atoms with Gasteiger partial charge in [-0.25, -0.2) is 4.79 Å². The minimum absolute atomic E-state index is 0.0840. The fourth-order valence-corrected chi connectivity index (χ4v) is 3.77. The Balaban J connectivity index is 2.05. The van der Waals surface area contributed by atoms with Crippen molar-refractivity contribution in [2.45, 2.75) is 19.0 Å². The van der Waals surface area contributed by atoms with Gasteiger partial charge in [0.25, 0.3) is 0 Å². The molecule has 1 atom stereocenters. The first-order valence-corrected chi connectivity index (χ1v) is 8.87. The third-order valence-corrected chi connectivity index (χ3v) is 5.52. The van der Waals surface area contributed by atoms with Gasteiger partial charge in [-0.1, -0.05) is 29.3 Å². The van der Waals surface area contributed by atoms with Gasteiger partial charge < -0.3 is 9.30 Å². The van der Waals surface area contributed by atoms with Crippen LogP contribution in [-0.2, 0) is 18.2 Å². The van der Waals surface area contributed by atoms with Gasteiger partial charge in [-0.05, 0) is 41.5 Å². The minimum atomic E-state index is -4.28. The van der Waals surface area contributed by atoms with E-state index in [1.807, 2.05) is 6.07 Å². The first kappa shape index (κ1) is 19.8. The average molecular weight is 418 g/mol. The molecular weight excluding hydrogens is 402 g/mol. The van der Waals surface area contributed by atoms with E-state index in [-0.39, 0.29) is 23.4 Å². The molecule has 1 aromatic heterocycles. The Kier molecular flexibility index (Phi) is 5.32. The van der Waals surface area contributed by atoms with Gasteiger partial charge in [0.15, 0.2) is 0 Å². The summed E-state index contributed by atoms with van der Waals surface area (Å²) in [4.78, 5) is 11.8. The number of benzene rings is 1. The molecule has 1 aliphatic rings. The average Bonchev–Trinajstić information content (AvgIpc) is 2.92. The summed E-state index contributed by atoms with van der Waals surface area (Å²) in [5, 5.41) is 1.79. The monoisotopic (exact) mass is 417 g/mol. The maximum absolute atomic E-state index is 13.0. The number of hydrogen-bond donors (Lipinski definition) is 0. The number of methoxy groups -OCH3 is 1. The largest absolute Gasteiger partial charge is 0.465 e. The molecule has 0 radical (unpaired) electrons. The lowest BCUT2D eigenvalue weighted by Crippen LogP contribution is -2.35. The molecule has 8 heteroatoms. The zero-order valence-corrected chi connectivity index (χ0v) is 16.0. The Labute approximate surface area is 163 Å². The predicted molar refractivity (Wildman–Crippen MR) is 98.4 cm³/mol. The Bertz CT molecular complexity index is 1030. The van der Waals surface area contributed by atoms with Gasteiger partial charge in [-0.2, -0.15) is 13.2 Å². The van der Waals surface area contributed by atoms with Crippen LogP contribution < -0.4 is 10.6 Å². The Morgan fingerprint density at radius 2 is 2.04 bits per heavy atom. The molecule has 0 fully saturated rings. The van der Waals surface area contributed by atoms with Crippen molar-refractivity contribution in [3.05, 3.63) is 55.6 Å². The van der Waals surface area contributed by atoms with Gasteiger partial charge in [0.1, 0.15) is 0 Å². The highest BCUT2D eigenvalue weighted by Crippen LogP contribution is 2.32. The Hall–Kier alpha value is -1.92. The minimum Gasteiger partial charge on any atom is -0.465 e. The number of esters is 1. The van der Waals surface area contributed by atoms with Crippen LogP contribution >= 0.6 is 23.2 Å². The summed E-state index contributed by atoms with van der Waals surface area (Å²) in [7, 11) is 2.95. The van der Waals surface area contributed by atoms with E-state index in [1.165, 1.54) is 19.3 Å². The number of aromatic nitrogens is 1. The van der Waals surface area contributed by atoms with Crippen molar-refractivity contribution in [3.63, 3.8) is 0 Å². The lowest BCUT2D eigenvalue weighted by molar-refractivity contribution is -0.155. The third-order valence-electron chi connectivity index (χ3n) is 4.73. The molecular formula is C19H16Cl2F3NO2. The lowest BCUT2D eigenvalue weighted by atomic mass is 10.00. The van der Waals surface area contributed by atoms with E-state index in [9.17, 15) is 18.0 Å². The number of alkyl halides is 3. The molecule has 3 nitrogen and oxygen atoms in total. The summed E-state index contributed by atoms with van der Waals surface area (Å²) in [5.74, 6) is -2.08. The summed E-state index contributed by atoms with van der Waals surface area (Å²) in [6.45, 7) is 0. The summed E-state index contributed by atoms with van der Waals surface area (Å²) in [6, 6.07) is 4.84. The van der Waals surface area contributed by atoms with Crippen LogP contribution in [-0.4, -0.2) is 23.8 Å². The molecule has 0 amide bonds. The molecule has 0 aliphatic heterocycles. The Morgan fingerprint density at radius 1 is 1.33 bits per heavy atom. The molecule has 1 aromatic carbocycles. The van der Waals surface area contributed by atoms with Gasteiger partial charge in [-0.15, -0.1) is 0 Å². The zero-order chi connectivity index (χ0) is 19.9. The van der Waals surface area contributed by atoms with Crippen molar-refractivity contribution in [1.29, 1.82) is 0 Å². The molecule has 0 saturated carbocycles. The van der Waals surface area contributed by atoms with E-state index in [0.717, 1.165) is 10.9 Å². The van der Waals surface area contributed by atoms with Crippen LogP contribution in [0.25, 0.3) is 12.2 Å². The molecule has 27 heavy (non-hydrogen) atoms. The number of carbonyl (C=O) groups excluding carboxylic acids is 1. The molecule has 0 N–H and O–H groups in total. The standard InChI is InChI=1S/C19H16Cl2F3NO2/c1-25-12(7-10-3-4-11(8-16(10)25)19(22,23)24)9-14-15(20)6-5-13(17(14)21)18(26)27-2/h3,5-8,11H,4,9H2,1-2H3. The summed E-state index contributed by atoms with van der Waals surface area (Å²) < 4.78 is 45.5. The molecule has 144 valence electrons. The van der Waals surface area contributed by atoms with E-state index in [1.54, 1.807) is 23.8 Å². The van der Waals surface area contributed by atoms with Gasteiger partial charge in [0.2, 0.25) is 0 Å². The SMILES string of the molecule is COC(=O)c1ccc(Cl)c(Cc2cc3c(n2C)=CC(C(F)(F)F)CC=3)c1Cl. The molecule has 2 aromatic rings. The molecule has 1 unspecified atom stereocenters. The number of hydrogen-bond acceptors (Lipinski definition) is 2. The second-order valence-electron chi connectivity index (χ2n) is 6.35. The molecule has 0 saturated heterocycles. The van der Waals surface area contributed by atoms with Crippen LogP contribution in [0.4, 0.5) is 13.2 Å². The van der Waals surface area contributed by atoms with Gasteiger partial charge in [0.05, 0.1) is 23.6 Å². The van der Waals surface area contributed by atoms with Crippen LogP contribution in [0.2, 0.25) is 10.0 Å². The Morgan fingerprint density at radius 3 is 2.67 bits per heavy atom. The van der Waals surface area contributed by atoms with E-state index in [4.69, 9.17) is 27.9 Å². The van der Waals surface area contributed by atoms with Crippen molar-refractivity contribution in [3.8, 4) is 0 Å². The van der Waals surface area contributed by atoms with E-state index in [2.05, 4.69) is 0 Å². The van der Waals surface area contributed by atoms with Crippen molar-refractivity contribution in [2.75, 3.05) is 7.11 Å². The van der Waals surface area contributed by atoms with Crippen LogP contribution in [0.15, 0.2) is 18.2 Å². The zero-order valence-electron chi connectivity index (χ0n) is 14.5. The van der Waals surface area contributed by atoms with Crippen molar-refractivity contribution in [1.82, 2.24) is 4.57 Å². The first-order chi connectivity index (χ1) is 12.6. The normalized spacial score (nSPS) is 16.3. The number of nitrogens with zero attached hydrogens (tertiary/aromatic N) is 1. The lowest BCUT2D eigenvalue weighted by Gasteiger charge is -2.17.